The van der Waals surface area contributed by atoms with Crippen LogP contribution in [-0.2, 0) is 21.4 Å². The molecule has 0 bridgehead atoms. The van der Waals surface area contributed by atoms with E-state index >= 15 is 0 Å². The molecule has 0 saturated carbocycles. The van der Waals surface area contributed by atoms with Gasteiger partial charge in [-0.1, -0.05) is 54.1 Å². The molecule has 0 saturated heterocycles. The van der Waals surface area contributed by atoms with Gasteiger partial charge in [0.2, 0.25) is 15.9 Å². The van der Waals surface area contributed by atoms with Crippen LogP contribution in [0.3, 0.4) is 0 Å². The molecule has 30 heavy (non-hydrogen) atoms. The largest absolute Gasteiger partial charge is 0.497 e. The van der Waals surface area contributed by atoms with E-state index < -0.39 is 15.9 Å². The van der Waals surface area contributed by atoms with Crippen molar-refractivity contribution in [2.75, 3.05) is 19.0 Å². The lowest BCUT2D eigenvalue weighted by atomic mass is 10.2. The molecule has 0 fully saturated rings. The van der Waals surface area contributed by atoms with E-state index in [-0.39, 0.29) is 18.0 Å². The molecule has 0 spiro atoms. The van der Waals surface area contributed by atoms with Gasteiger partial charge in [0.15, 0.2) is 0 Å². The Bertz CT molecular complexity index is 1120. The fraction of sp³-hybridized carbons (Fsp3) is 0.136. The van der Waals surface area contributed by atoms with Gasteiger partial charge in [0.25, 0.3) is 0 Å². The average molecular weight is 445 g/mol. The second-order valence-electron chi connectivity index (χ2n) is 6.50. The predicted octanol–water partition coefficient (Wildman–Crippen LogP) is 4.18. The highest BCUT2D eigenvalue weighted by molar-refractivity contribution is 7.89. The van der Waals surface area contributed by atoms with E-state index in [0.29, 0.717) is 16.5 Å². The molecule has 1 N–H and O–H groups in total. The summed E-state index contributed by atoms with van der Waals surface area (Å²) in [6.07, 6.45) is 0. The topological polar surface area (TPSA) is 75.7 Å². The Morgan fingerprint density at radius 2 is 1.73 bits per heavy atom. The Labute approximate surface area is 181 Å². The molecule has 0 heterocycles. The van der Waals surface area contributed by atoms with E-state index in [1.54, 1.807) is 48.5 Å². The summed E-state index contributed by atoms with van der Waals surface area (Å²) in [4.78, 5) is 12.7. The predicted molar refractivity (Wildman–Crippen MR) is 117 cm³/mol. The van der Waals surface area contributed by atoms with Crippen LogP contribution in [0.4, 0.5) is 5.69 Å². The molecule has 3 rings (SSSR count). The number of sulfonamides is 1. The zero-order valence-corrected chi connectivity index (χ0v) is 17.9. The molecule has 0 radical (unpaired) electrons. The van der Waals surface area contributed by atoms with E-state index in [9.17, 15) is 13.2 Å². The minimum Gasteiger partial charge on any atom is -0.497 e. The normalized spacial score (nSPS) is 11.3. The molecule has 0 aliphatic heterocycles. The molecule has 0 aromatic heterocycles. The summed E-state index contributed by atoms with van der Waals surface area (Å²) in [6, 6.07) is 21.9. The number of rotatable bonds is 8. The highest BCUT2D eigenvalue weighted by Gasteiger charge is 2.27. The number of hydrogen-bond donors (Lipinski definition) is 1. The van der Waals surface area contributed by atoms with Crippen molar-refractivity contribution in [2.24, 2.45) is 0 Å². The first-order chi connectivity index (χ1) is 14.4. The van der Waals surface area contributed by atoms with Gasteiger partial charge in [-0.3, -0.25) is 4.79 Å². The Kier molecular flexibility index (Phi) is 7.10. The van der Waals surface area contributed by atoms with Gasteiger partial charge >= 0.3 is 0 Å². The van der Waals surface area contributed by atoms with Crippen molar-refractivity contribution in [1.82, 2.24) is 4.31 Å². The van der Waals surface area contributed by atoms with E-state index in [4.69, 9.17) is 16.3 Å². The minimum atomic E-state index is -3.96. The van der Waals surface area contributed by atoms with Gasteiger partial charge < -0.3 is 10.1 Å². The third kappa shape index (κ3) is 5.60. The number of carbonyl (C=O) groups excluding carboxylic acids is 1. The molecule has 0 unspecified atom stereocenters. The lowest BCUT2D eigenvalue weighted by Gasteiger charge is -2.22. The SMILES string of the molecule is COc1cccc(NC(=O)CN(Cc2ccccc2)S(=O)(=O)c2cccc(Cl)c2)c1. The number of methoxy groups -OCH3 is 1. The zero-order chi connectivity index (χ0) is 21.6. The summed E-state index contributed by atoms with van der Waals surface area (Å²) in [5, 5.41) is 3.02. The molecule has 3 aromatic rings. The highest BCUT2D eigenvalue weighted by atomic mass is 35.5. The summed E-state index contributed by atoms with van der Waals surface area (Å²) >= 11 is 5.98. The van der Waals surface area contributed by atoms with Gasteiger partial charge in [0, 0.05) is 23.3 Å². The van der Waals surface area contributed by atoms with Gasteiger partial charge in [-0.15, -0.1) is 0 Å². The van der Waals surface area contributed by atoms with Crippen molar-refractivity contribution in [3.05, 3.63) is 89.4 Å². The maximum absolute atomic E-state index is 13.2. The van der Waals surface area contributed by atoms with Gasteiger partial charge in [0.1, 0.15) is 5.75 Å². The summed E-state index contributed by atoms with van der Waals surface area (Å²) in [5.41, 5.74) is 1.27. The molecule has 1 amide bonds. The molecule has 156 valence electrons. The maximum atomic E-state index is 13.2. The number of benzene rings is 3. The summed E-state index contributed by atoms with van der Waals surface area (Å²) in [7, 11) is -2.43. The average Bonchev–Trinajstić information content (AvgIpc) is 2.74. The molecular formula is C22H21ClN2O4S. The van der Waals surface area contributed by atoms with Crippen molar-refractivity contribution in [2.45, 2.75) is 11.4 Å². The van der Waals surface area contributed by atoms with Crippen LogP contribution >= 0.6 is 11.6 Å². The van der Waals surface area contributed by atoms with Crippen LogP contribution < -0.4 is 10.1 Å². The molecule has 3 aromatic carbocycles. The summed E-state index contributed by atoms with van der Waals surface area (Å²) in [6.45, 7) is -0.317. The highest BCUT2D eigenvalue weighted by Crippen LogP contribution is 2.22. The molecule has 0 aliphatic carbocycles. The van der Waals surface area contributed by atoms with Gasteiger partial charge in [-0.2, -0.15) is 4.31 Å². The third-order valence-electron chi connectivity index (χ3n) is 4.31. The second-order valence-corrected chi connectivity index (χ2v) is 8.87. The quantitative estimate of drug-likeness (QED) is 0.565. The van der Waals surface area contributed by atoms with Crippen LogP contribution in [0.2, 0.25) is 5.02 Å². The van der Waals surface area contributed by atoms with Crippen molar-refractivity contribution >= 4 is 33.2 Å². The fourth-order valence-corrected chi connectivity index (χ4v) is 4.54. The monoisotopic (exact) mass is 444 g/mol. The standard InChI is InChI=1S/C22H21ClN2O4S/c1-29-20-11-6-10-19(14-20)24-22(26)16-25(15-17-7-3-2-4-8-17)30(27,28)21-12-5-9-18(23)13-21/h2-14H,15-16H2,1H3,(H,24,26). The van der Waals surface area contributed by atoms with Crippen LogP contribution in [0.5, 0.6) is 5.75 Å². The minimum absolute atomic E-state index is 0.0279. The second kappa shape index (κ2) is 9.75. The van der Waals surface area contributed by atoms with E-state index in [2.05, 4.69) is 5.32 Å². The third-order valence-corrected chi connectivity index (χ3v) is 6.33. The molecule has 8 heteroatoms. The van der Waals surface area contributed by atoms with Gasteiger partial charge in [0.05, 0.1) is 18.6 Å². The smallest absolute Gasteiger partial charge is 0.243 e. The van der Waals surface area contributed by atoms with Crippen LogP contribution in [0.1, 0.15) is 5.56 Å². The fourth-order valence-electron chi connectivity index (χ4n) is 2.85. The number of anilines is 1. The lowest BCUT2D eigenvalue weighted by Crippen LogP contribution is -2.37. The van der Waals surface area contributed by atoms with Gasteiger partial charge in [-0.05, 0) is 35.9 Å². The summed E-state index contributed by atoms with van der Waals surface area (Å²) in [5.74, 6) is 0.116. The number of hydrogen-bond acceptors (Lipinski definition) is 4. The molecule has 0 atom stereocenters. The van der Waals surface area contributed by atoms with Gasteiger partial charge in [-0.25, -0.2) is 8.42 Å². The van der Waals surface area contributed by atoms with E-state index in [1.807, 2.05) is 18.2 Å². The molecule has 6 nitrogen and oxygen atoms in total. The van der Waals surface area contributed by atoms with Crippen molar-refractivity contribution in [3.8, 4) is 5.75 Å². The number of ether oxygens (including phenoxy) is 1. The number of nitrogens with one attached hydrogen (secondary N) is 1. The van der Waals surface area contributed by atoms with Crippen LogP contribution in [0, 0.1) is 0 Å². The van der Waals surface area contributed by atoms with Crippen molar-refractivity contribution < 1.29 is 17.9 Å². The number of nitrogens with zero attached hydrogens (tertiary/aromatic N) is 1. The Morgan fingerprint density at radius 3 is 2.43 bits per heavy atom. The zero-order valence-electron chi connectivity index (χ0n) is 16.3. The first-order valence-electron chi connectivity index (χ1n) is 9.12. The number of carbonyl (C=O) groups is 1. The Hall–Kier alpha value is -2.87. The first-order valence-corrected chi connectivity index (χ1v) is 10.9. The molecule has 0 aliphatic rings. The van der Waals surface area contributed by atoms with Crippen molar-refractivity contribution in [3.63, 3.8) is 0 Å². The summed E-state index contributed by atoms with van der Waals surface area (Å²) < 4.78 is 32.8. The van der Waals surface area contributed by atoms with Crippen LogP contribution in [0.25, 0.3) is 0 Å². The van der Waals surface area contributed by atoms with E-state index in [0.717, 1.165) is 9.87 Å². The van der Waals surface area contributed by atoms with E-state index in [1.165, 1.54) is 19.2 Å². The Balaban J connectivity index is 1.86. The first kappa shape index (κ1) is 21.8. The van der Waals surface area contributed by atoms with Crippen molar-refractivity contribution in [1.29, 1.82) is 0 Å². The van der Waals surface area contributed by atoms with Crippen LogP contribution in [0.15, 0.2) is 83.8 Å². The Morgan fingerprint density at radius 1 is 1.00 bits per heavy atom. The maximum Gasteiger partial charge on any atom is 0.243 e. The lowest BCUT2D eigenvalue weighted by molar-refractivity contribution is -0.116. The van der Waals surface area contributed by atoms with Crippen LogP contribution in [-0.4, -0.2) is 32.3 Å². The number of halogens is 1. The number of amides is 1. The molecular weight excluding hydrogens is 424 g/mol.